The zero-order valence-corrected chi connectivity index (χ0v) is 14.4. The standard InChI is InChI=1S/C17H27NO2S/c1-5-19-13-7-8-15(20-6-2)14(11-13)18-16-12-21-10-9-17(16,3)4/h7-8,11,16,18H,5-6,9-10,12H2,1-4H3. The molecule has 0 bridgehead atoms. The van der Waals surface area contributed by atoms with Crippen molar-refractivity contribution in [2.75, 3.05) is 30.0 Å². The summed E-state index contributed by atoms with van der Waals surface area (Å²) >= 11 is 2.02. The molecule has 1 heterocycles. The fourth-order valence-corrected chi connectivity index (χ4v) is 4.13. The largest absolute Gasteiger partial charge is 0.494 e. The molecule has 2 rings (SSSR count). The van der Waals surface area contributed by atoms with Crippen molar-refractivity contribution < 1.29 is 9.47 Å². The van der Waals surface area contributed by atoms with Gasteiger partial charge in [-0.1, -0.05) is 13.8 Å². The van der Waals surface area contributed by atoms with E-state index in [1.165, 1.54) is 12.2 Å². The highest BCUT2D eigenvalue weighted by Gasteiger charge is 2.33. The number of ether oxygens (including phenoxy) is 2. The molecule has 0 radical (unpaired) electrons. The highest BCUT2D eigenvalue weighted by atomic mass is 32.2. The first-order valence-corrected chi connectivity index (χ1v) is 8.96. The number of anilines is 1. The van der Waals surface area contributed by atoms with Gasteiger partial charge in [0, 0.05) is 17.9 Å². The number of hydrogen-bond donors (Lipinski definition) is 1. The molecule has 21 heavy (non-hydrogen) atoms. The van der Waals surface area contributed by atoms with Crippen LogP contribution in [-0.2, 0) is 0 Å². The fraction of sp³-hybridized carbons (Fsp3) is 0.647. The maximum absolute atomic E-state index is 5.75. The molecule has 1 aliphatic heterocycles. The van der Waals surface area contributed by atoms with Gasteiger partial charge in [-0.25, -0.2) is 0 Å². The summed E-state index contributed by atoms with van der Waals surface area (Å²) in [7, 11) is 0. The molecule has 0 aromatic heterocycles. The molecular weight excluding hydrogens is 282 g/mol. The van der Waals surface area contributed by atoms with Crippen LogP contribution in [0.3, 0.4) is 0 Å². The van der Waals surface area contributed by atoms with Crippen LogP contribution in [0.2, 0.25) is 0 Å². The Bertz CT molecular complexity index is 462. The van der Waals surface area contributed by atoms with Crippen molar-refractivity contribution >= 4 is 17.4 Å². The third kappa shape index (κ3) is 4.22. The monoisotopic (exact) mass is 309 g/mol. The van der Waals surface area contributed by atoms with E-state index in [0.29, 0.717) is 24.7 Å². The van der Waals surface area contributed by atoms with E-state index in [2.05, 4.69) is 25.2 Å². The van der Waals surface area contributed by atoms with Gasteiger partial charge in [-0.3, -0.25) is 0 Å². The molecule has 1 fully saturated rings. The molecule has 118 valence electrons. The Kier molecular flexibility index (Phi) is 5.68. The van der Waals surface area contributed by atoms with Crippen LogP contribution in [0.15, 0.2) is 18.2 Å². The summed E-state index contributed by atoms with van der Waals surface area (Å²) < 4.78 is 11.4. The second kappa shape index (κ2) is 7.30. The highest BCUT2D eigenvalue weighted by Crippen LogP contribution is 2.38. The van der Waals surface area contributed by atoms with Gasteiger partial charge in [0.2, 0.25) is 0 Å². The van der Waals surface area contributed by atoms with Crippen LogP contribution in [0.4, 0.5) is 5.69 Å². The van der Waals surface area contributed by atoms with Crippen LogP contribution < -0.4 is 14.8 Å². The maximum Gasteiger partial charge on any atom is 0.142 e. The number of nitrogens with one attached hydrogen (secondary N) is 1. The van der Waals surface area contributed by atoms with Gasteiger partial charge in [-0.2, -0.15) is 11.8 Å². The van der Waals surface area contributed by atoms with Gasteiger partial charge < -0.3 is 14.8 Å². The Morgan fingerprint density at radius 3 is 2.67 bits per heavy atom. The van der Waals surface area contributed by atoms with E-state index in [4.69, 9.17) is 9.47 Å². The maximum atomic E-state index is 5.75. The molecule has 0 spiro atoms. The molecule has 1 aromatic carbocycles. The minimum Gasteiger partial charge on any atom is -0.494 e. The lowest BCUT2D eigenvalue weighted by molar-refractivity contribution is 0.301. The molecule has 0 amide bonds. The van der Waals surface area contributed by atoms with Crippen LogP contribution in [-0.4, -0.2) is 30.8 Å². The first kappa shape index (κ1) is 16.3. The van der Waals surface area contributed by atoms with Gasteiger partial charge in [0.15, 0.2) is 0 Å². The molecule has 1 atom stereocenters. The SMILES string of the molecule is CCOc1ccc(OCC)c(NC2CSCCC2(C)C)c1. The van der Waals surface area contributed by atoms with E-state index < -0.39 is 0 Å². The first-order valence-electron chi connectivity index (χ1n) is 7.80. The Morgan fingerprint density at radius 1 is 1.24 bits per heavy atom. The molecule has 3 nitrogen and oxygen atoms in total. The van der Waals surface area contributed by atoms with Crippen LogP contribution in [0.5, 0.6) is 11.5 Å². The van der Waals surface area contributed by atoms with E-state index in [-0.39, 0.29) is 0 Å². The molecule has 1 unspecified atom stereocenters. The summed E-state index contributed by atoms with van der Waals surface area (Å²) in [5.41, 5.74) is 1.35. The lowest BCUT2D eigenvalue weighted by atomic mass is 9.82. The first-order chi connectivity index (χ1) is 10.1. The van der Waals surface area contributed by atoms with Crippen molar-refractivity contribution in [1.82, 2.24) is 0 Å². The Balaban J connectivity index is 2.21. The second-order valence-corrected chi connectivity index (χ2v) is 7.18. The second-order valence-electron chi connectivity index (χ2n) is 6.03. The number of thioether (sulfide) groups is 1. The lowest BCUT2D eigenvalue weighted by Gasteiger charge is -2.39. The summed E-state index contributed by atoms with van der Waals surface area (Å²) in [4.78, 5) is 0. The third-order valence-corrected chi connectivity index (χ3v) is 5.07. The molecule has 1 N–H and O–H groups in total. The van der Waals surface area contributed by atoms with Crippen LogP contribution in [0.25, 0.3) is 0 Å². The van der Waals surface area contributed by atoms with Gasteiger partial charge in [0.05, 0.1) is 18.9 Å². The number of hydrogen-bond acceptors (Lipinski definition) is 4. The van der Waals surface area contributed by atoms with E-state index in [9.17, 15) is 0 Å². The van der Waals surface area contributed by atoms with Crippen molar-refractivity contribution in [3.8, 4) is 11.5 Å². The van der Waals surface area contributed by atoms with Gasteiger partial charge in [-0.05, 0) is 43.6 Å². The van der Waals surface area contributed by atoms with Crippen molar-refractivity contribution in [2.24, 2.45) is 5.41 Å². The predicted molar refractivity (Wildman–Crippen MR) is 91.9 cm³/mol. The summed E-state index contributed by atoms with van der Waals surface area (Å²) in [5, 5.41) is 3.70. The minimum absolute atomic E-state index is 0.302. The van der Waals surface area contributed by atoms with Gasteiger partial charge in [0.25, 0.3) is 0 Å². The van der Waals surface area contributed by atoms with Crippen molar-refractivity contribution in [3.63, 3.8) is 0 Å². The average Bonchev–Trinajstić information content (AvgIpc) is 2.44. The molecule has 1 aromatic rings. The molecule has 1 aliphatic rings. The van der Waals surface area contributed by atoms with E-state index >= 15 is 0 Å². The minimum atomic E-state index is 0.302. The third-order valence-electron chi connectivity index (χ3n) is 4.01. The van der Waals surface area contributed by atoms with Crippen molar-refractivity contribution in [3.05, 3.63) is 18.2 Å². The molecule has 0 aliphatic carbocycles. The van der Waals surface area contributed by atoms with Crippen molar-refractivity contribution in [2.45, 2.75) is 40.2 Å². The Morgan fingerprint density at radius 2 is 2.00 bits per heavy atom. The molecule has 1 saturated heterocycles. The molecule has 4 heteroatoms. The highest BCUT2D eigenvalue weighted by molar-refractivity contribution is 7.99. The quantitative estimate of drug-likeness (QED) is 0.842. The summed E-state index contributed by atoms with van der Waals surface area (Å²) in [6.07, 6.45) is 1.24. The van der Waals surface area contributed by atoms with E-state index in [1.807, 2.05) is 37.7 Å². The van der Waals surface area contributed by atoms with Gasteiger partial charge in [0.1, 0.15) is 11.5 Å². The topological polar surface area (TPSA) is 30.5 Å². The van der Waals surface area contributed by atoms with Crippen LogP contribution >= 0.6 is 11.8 Å². The van der Waals surface area contributed by atoms with E-state index in [0.717, 1.165) is 22.9 Å². The van der Waals surface area contributed by atoms with E-state index in [1.54, 1.807) is 0 Å². The summed E-state index contributed by atoms with van der Waals surface area (Å²) in [5.74, 6) is 4.19. The van der Waals surface area contributed by atoms with Crippen LogP contribution in [0.1, 0.15) is 34.1 Å². The molecule has 0 saturated carbocycles. The summed E-state index contributed by atoms with van der Waals surface area (Å²) in [6, 6.07) is 6.48. The average molecular weight is 309 g/mol. The normalized spacial score (nSPS) is 20.9. The van der Waals surface area contributed by atoms with Crippen molar-refractivity contribution in [1.29, 1.82) is 0 Å². The Labute approximate surface area is 132 Å². The zero-order chi connectivity index (χ0) is 15.3. The smallest absolute Gasteiger partial charge is 0.142 e. The number of benzene rings is 1. The number of rotatable bonds is 6. The van der Waals surface area contributed by atoms with Crippen LogP contribution in [0, 0.1) is 5.41 Å². The summed E-state index contributed by atoms with van der Waals surface area (Å²) in [6.45, 7) is 10.1. The lowest BCUT2D eigenvalue weighted by Crippen LogP contribution is -2.41. The Hall–Kier alpha value is -1.03. The predicted octanol–water partition coefficient (Wildman–Crippen LogP) is 4.43. The van der Waals surface area contributed by atoms with Gasteiger partial charge >= 0.3 is 0 Å². The zero-order valence-electron chi connectivity index (χ0n) is 13.6. The molecular formula is C17H27NO2S. The van der Waals surface area contributed by atoms with Gasteiger partial charge in [-0.15, -0.1) is 0 Å². The fourth-order valence-electron chi connectivity index (χ4n) is 2.52.